The van der Waals surface area contributed by atoms with Gasteiger partial charge in [-0.15, -0.1) is 0 Å². The van der Waals surface area contributed by atoms with E-state index >= 15 is 0 Å². The summed E-state index contributed by atoms with van der Waals surface area (Å²) >= 11 is 0. The van der Waals surface area contributed by atoms with E-state index in [0.717, 1.165) is 12.8 Å². The fourth-order valence-corrected chi connectivity index (χ4v) is 1.43. The predicted molar refractivity (Wildman–Crippen MR) is 64.6 cm³/mol. The highest BCUT2D eigenvalue weighted by Gasteiger charge is 2.14. The molecule has 0 bridgehead atoms. The molecule has 1 aromatic rings. The van der Waals surface area contributed by atoms with Crippen LogP contribution < -0.4 is 15.8 Å². The molecule has 1 amide bonds. The first-order valence-electron chi connectivity index (χ1n) is 5.41. The first kappa shape index (κ1) is 12.4. The van der Waals surface area contributed by atoms with Crippen LogP contribution in [0.1, 0.15) is 30.1 Å². The summed E-state index contributed by atoms with van der Waals surface area (Å²) in [7, 11) is 1.53. The zero-order valence-corrected chi connectivity index (χ0v) is 9.75. The van der Waals surface area contributed by atoms with Crippen LogP contribution in [0.3, 0.4) is 0 Å². The Hall–Kier alpha value is -1.71. The number of nitrogens with two attached hydrogens (primary N) is 1. The number of ether oxygens (including phenoxy) is 1. The molecule has 0 saturated carbocycles. The number of unbranched alkanes of at least 4 members (excludes halogenated alkanes) is 1. The summed E-state index contributed by atoms with van der Waals surface area (Å²) in [4.78, 5) is 11.8. The molecule has 0 fully saturated rings. The van der Waals surface area contributed by atoms with Crippen molar-refractivity contribution in [3.8, 4) is 5.75 Å². The van der Waals surface area contributed by atoms with Crippen molar-refractivity contribution in [3.63, 3.8) is 0 Å². The van der Waals surface area contributed by atoms with Crippen LogP contribution in [0.5, 0.6) is 5.75 Å². The van der Waals surface area contributed by atoms with Gasteiger partial charge in [-0.2, -0.15) is 0 Å². The van der Waals surface area contributed by atoms with E-state index in [1.165, 1.54) is 7.11 Å². The molecule has 0 aliphatic rings. The Morgan fingerprint density at radius 3 is 2.88 bits per heavy atom. The first-order valence-corrected chi connectivity index (χ1v) is 5.41. The van der Waals surface area contributed by atoms with Crippen molar-refractivity contribution < 1.29 is 9.53 Å². The number of hydrogen-bond donors (Lipinski definition) is 2. The average molecular weight is 222 g/mol. The van der Waals surface area contributed by atoms with Crippen molar-refractivity contribution in [1.82, 2.24) is 5.32 Å². The van der Waals surface area contributed by atoms with E-state index in [4.69, 9.17) is 10.5 Å². The third kappa shape index (κ3) is 2.89. The predicted octanol–water partition coefficient (Wildman–Crippen LogP) is 1.81. The van der Waals surface area contributed by atoms with Gasteiger partial charge in [-0.05, 0) is 18.6 Å². The van der Waals surface area contributed by atoms with Crippen molar-refractivity contribution in [1.29, 1.82) is 0 Å². The van der Waals surface area contributed by atoms with E-state index in [1.807, 2.05) is 0 Å². The van der Waals surface area contributed by atoms with Crippen LogP contribution >= 0.6 is 0 Å². The van der Waals surface area contributed by atoms with E-state index in [1.54, 1.807) is 18.2 Å². The van der Waals surface area contributed by atoms with Crippen LogP contribution in [0, 0.1) is 0 Å². The Balaban J connectivity index is 2.81. The van der Waals surface area contributed by atoms with Gasteiger partial charge in [0.25, 0.3) is 5.91 Å². The maximum Gasteiger partial charge on any atom is 0.257 e. The highest BCUT2D eigenvalue weighted by molar-refractivity contribution is 6.01. The second-order valence-corrected chi connectivity index (χ2v) is 3.53. The molecule has 16 heavy (non-hydrogen) atoms. The molecule has 0 radical (unpaired) electrons. The summed E-state index contributed by atoms with van der Waals surface area (Å²) in [6, 6.07) is 5.18. The maximum atomic E-state index is 11.8. The third-order valence-electron chi connectivity index (χ3n) is 2.32. The molecule has 0 aliphatic carbocycles. The monoisotopic (exact) mass is 222 g/mol. The second-order valence-electron chi connectivity index (χ2n) is 3.53. The minimum absolute atomic E-state index is 0.177. The summed E-state index contributed by atoms with van der Waals surface area (Å²) < 4.78 is 5.11. The molecule has 0 atom stereocenters. The number of nitrogen functional groups attached to an aromatic ring is 1. The van der Waals surface area contributed by atoms with Crippen LogP contribution in [0.25, 0.3) is 0 Å². The summed E-state index contributed by atoms with van der Waals surface area (Å²) in [5.41, 5.74) is 6.62. The number of methoxy groups -OCH3 is 1. The Bertz CT molecular complexity index is 364. The molecule has 0 unspecified atom stereocenters. The number of amides is 1. The lowest BCUT2D eigenvalue weighted by atomic mass is 10.1. The molecule has 0 spiro atoms. The molecule has 0 heterocycles. The Morgan fingerprint density at radius 1 is 1.50 bits per heavy atom. The van der Waals surface area contributed by atoms with Gasteiger partial charge in [0.2, 0.25) is 0 Å². The zero-order chi connectivity index (χ0) is 12.0. The van der Waals surface area contributed by atoms with Gasteiger partial charge in [0.05, 0.1) is 7.11 Å². The Morgan fingerprint density at radius 2 is 2.25 bits per heavy atom. The van der Waals surface area contributed by atoms with Gasteiger partial charge in [0.15, 0.2) is 0 Å². The second kappa shape index (κ2) is 6.00. The van der Waals surface area contributed by atoms with Gasteiger partial charge in [0, 0.05) is 12.2 Å². The topological polar surface area (TPSA) is 64.4 Å². The lowest BCUT2D eigenvalue weighted by Crippen LogP contribution is -2.25. The van der Waals surface area contributed by atoms with Crippen molar-refractivity contribution in [2.24, 2.45) is 0 Å². The minimum Gasteiger partial charge on any atom is -0.496 e. The van der Waals surface area contributed by atoms with Crippen LogP contribution in [-0.2, 0) is 0 Å². The maximum absolute atomic E-state index is 11.8. The number of carbonyl (C=O) groups is 1. The molecular weight excluding hydrogens is 204 g/mol. The number of rotatable bonds is 5. The highest BCUT2D eigenvalue weighted by Crippen LogP contribution is 2.23. The fraction of sp³-hybridized carbons (Fsp3) is 0.417. The van der Waals surface area contributed by atoms with E-state index < -0.39 is 0 Å². The van der Waals surface area contributed by atoms with Gasteiger partial charge >= 0.3 is 0 Å². The minimum atomic E-state index is -0.177. The Kier molecular flexibility index (Phi) is 4.64. The van der Waals surface area contributed by atoms with E-state index in [-0.39, 0.29) is 5.91 Å². The molecule has 4 heteroatoms. The molecule has 4 nitrogen and oxygen atoms in total. The van der Waals surface area contributed by atoms with E-state index in [0.29, 0.717) is 23.5 Å². The summed E-state index contributed by atoms with van der Waals surface area (Å²) in [5.74, 6) is 0.331. The molecule has 1 rings (SSSR count). The quantitative estimate of drug-likeness (QED) is 0.590. The smallest absolute Gasteiger partial charge is 0.257 e. The number of nitrogens with one attached hydrogen (secondary N) is 1. The van der Waals surface area contributed by atoms with Crippen molar-refractivity contribution >= 4 is 11.6 Å². The molecule has 0 aromatic heterocycles. The number of benzene rings is 1. The molecule has 1 aromatic carbocycles. The fourth-order valence-electron chi connectivity index (χ4n) is 1.43. The average Bonchev–Trinajstić information content (AvgIpc) is 2.28. The van der Waals surface area contributed by atoms with Crippen LogP contribution in [0.2, 0.25) is 0 Å². The SMILES string of the molecule is CCCCNC(=O)c1c(N)cccc1OC. The number of anilines is 1. The van der Waals surface area contributed by atoms with Gasteiger partial charge in [-0.1, -0.05) is 19.4 Å². The molecule has 88 valence electrons. The summed E-state index contributed by atoms with van der Waals surface area (Å²) in [6.45, 7) is 2.73. The molecule has 3 N–H and O–H groups in total. The normalized spacial score (nSPS) is 9.88. The van der Waals surface area contributed by atoms with E-state index in [9.17, 15) is 4.79 Å². The van der Waals surface area contributed by atoms with Crippen molar-refractivity contribution in [2.75, 3.05) is 19.4 Å². The lowest BCUT2D eigenvalue weighted by molar-refractivity contribution is 0.0951. The standard InChI is InChI=1S/C12H18N2O2/c1-3-4-8-14-12(15)11-9(13)6-5-7-10(11)16-2/h5-7H,3-4,8,13H2,1-2H3,(H,14,15). The van der Waals surface area contributed by atoms with Gasteiger partial charge in [-0.25, -0.2) is 0 Å². The number of hydrogen-bond acceptors (Lipinski definition) is 3. The lowest BCUT2D eigenvalue weighted by Gasteiger charge is -2.11. The third-order valence-corrected chi connectivity index (χ3v) is 2.32. The largest absolute Gasteiger partial charge is 0.496 e. The van der Waals surface area contributed by atoms with E-state index in [2.05, 4.69) is 12.2 Å². The summed E-state index contributed by atoms with van der Waals surface area (Å²) in [6.07, 6.45) is 2.00. The molecular formula is C12H18N2O2. The van der Waals surface area contributed by atoms with Gasteiger partial charge in [0.1, 0.15) is 11.3 Å². The summed E-state index contributed by atoms with van der Waals surface area (Å²) in [5, 5.41) is 2.82. The van der Waals surface area contributed by atoms with Gasteiger partial charge < -0.3 is 15.8 Å². The molecule has 0 aliphatic heterocycles. The number of carbonyl (C=O) groups excluding carboxylic acids is 1. The van der Waals surface area contributed by atoms with Crippen molar-refractivity contribution in [2.45, 2.75) is 19.8 Å². The zero-order valence-electron chi connectivity index (χ0n) is 9.75. The van der Waals surface area contributed by atoms with Crippen LogP contribution in [-0.4, -0.2) is 19.6 Å². The highest BCUT2D eigenvalue weighted by atomic mass is 16.5. The van der Waals surface area contributed by atoms with Crippen LogP contribution in [0.4, 0.5) is 5.69 Å². The molecule has 0 saturated heterocycles. The van der Waals surface area contributed by atoms with Gasteiger partial charge in [-0.3, -0.25) is 4.79 Å². The van der Waals surface area contributed by atoms with Crippen molar-refractivity contribution in [3.05, 3.63) is 23.8 Å². The first-order chi connectivity index (χ1) is 7.70. The Labute approximate surface area is 95.8 Å². The van der Waals surface area contributed by atoms with Crippen LogP contribution in [0.15, 0.2) is 18.2 Å².